The van der Waals surface area contributed by atoms with Crippen molar-refractivity contribution in [3.63, 3.8) is 0 Å². The Morgan fingerprint density at radius 3 is 2.33 bits per heavy atom. The third kappa shape index (κ3) is 4.96. The maximum atomic E-state index is 11.8. The molecule has 1 unspecified atom stereocenters. The van der Waals surface area contributed by atoms with Crippen molar-refractivity contribution in [2.45, 2.75) is 13.5 Å². The summed E-state index contributed by atoms with van der Waals surface area (Å²) in [6, 6.07) is 5.16. The van der Waals surface area contributed by atoms with E-state index in [1.807, 2.05) is 0 Å². The van der Waals surface area contributed by atoms with Crippen molar-refractivity contribution in [1.82, 2.24) is 4.90 Å². The second-order valence-corrected chi connectivity index (χ2v) is 6.52. The second kappa shape index (κ2) is 7.12. The van der Waals surface area contributed by atoms with Gasteiger partial charge in [0.25, 0.3) is 0 Å². The summed E-state index contributed by atoms with van der Waals surface area (Å²) < 4.78 is 11.3. The normalized spacial score (nSPS) is 12.2. The van der Waals surface area contributed by atoms with Crippen LogP contribution in [0.2, 0.25) is 10.0 Å². The van der Waals surface area contributed by atoms with E-state index in [4.69, 9.17) is 23.2 Å². The van der Waals surface area contributed by atoms with Gasteiger partial charge in [0.15, 0.2) is 0 Å². The van der Waals surface area contributed by atoms with E-state index in [1.54, 1.807) is 32.2 Å². The maximum Gasteiger partial charge on any atom is 0.235 e. The van der Waals surface area contributed by atoms with Crippen LogP contribution in [0.4, 0.5) is 0 Å². The topological polar surface area (TPSA) is 37.4 Å². The van der Waals surface area contributed by atoms with Gasteiger partial charge in [-0.25, -0.2) is 0 Å². The molecule has 100 valence electrons. The Morgan fingerprint density at radius 1 is 1.28 bits per heavy atom. The van der Waals surface area contributed by atoms with E-state index in [1.165, 1.54) is 4.90 Å². The fraction of sp³-hybridized carbons (Fsp3) is 0.417. The van der Waals surface area contributed by atoms with Crippen molar-refractivity contribution in [2.75, 3.05) is 18.6 Å². The third-order valence-corrected chi connectivity index (χ3v) is 4.02. The van der Waals surface area contributed by atoms with Crippen molar-refractivity contribution in [3.8, 4) is 0 Å². The van der Waals surface area contributed by atoms with Crippen LogP contribution in [0.5, 0.6) is 0 Å². The standard InChI is InChI=1S/C12H15Cl2NO2S/c1-3-18(17)8-12(16)15(2)7-9-4-10(13)6-11(14)5-9/h4-6H,3,7-8H2,1-2H3. The van der Waals surface area contributed by atoms with Crippen LogP contribution < -0.4 is 0 Å². The fourth-order valence-electron chi connectivity index (χ4n) is 1.41. The molecule has 0 aliphatic rings. The molecule has 3 nitrogen and oxygen atoms in total. The summed E-state index contributed by atoms with van der Waals surface area (Å²) in [7, 11) is 0.583. The molecule has 1 amide bonds. The van der Waals surface area contributed by atoms with Gasteiger partial charge >= 0.3 is 0 Å². The van der Waals surface area contributed by atoms with E-state index in [-0.39, 0.29) is 11.7 Å². The molecular weight excluding hydrogens is 293 g/mol. The van der Waals surface area contributed by atoms with Crippen LogP contribution in [-0.2, 0) is 22.1 Å². The molecule has 1 rings (SSSR count). The van der Waals surface area contributed by atoms with E-state index in [0.717, 1.165) is 5.56 Å². The molecule has 0 saturated carbocycles. The quantitative estimate of drug-likeness (QED) is 0.839. The molecule has 6 heteroatoms. The Labute approximate surface area is 120 Å². The highest BCUT2D eigenvalue weighted by atomic mass is 35.5. The molecule has 18 heavy (non-hydrogen) atoms. The summed E-state index contributed by atoms with van der Waals surface area (Å²) in [5.74, 6) is 0.399. The van der Waals surface area contributed by atoms with Crippen molar-refractivity contribution >= 4 is 39.9 Å². The molecule has 0 heterocycles. The van der Waals surface area contributed by atoms with Gasteiger partial charge in [0.1, 0.15) is 5.75 Å². The predicted octanol–water partition coefficient (Wildman–Crippen LogP) is 2.72. The number of hydrogen-bond acceptors (Lipinski definition) is 2. The zero-order valence-corrected chi connectivity index (χ0v) is 12.6. The molecule has 1 atom stereocenters. The second-order valence-electron chi connectivity index (χ2n) is 3.90. The van der Waals surface area contributed by atoms with E-state index in [9.17, 15) is 9.00 Å². The third-order valence-electron chi connectivity index (χ3n) is 2.37. The Hall–Kier alpha value is -0.580. The number of amides is 1. The van der Waals surface area contributed by atoms with E-state index < -0.39 is 10.8 Å². The van der Waals surface area contributed by atoms with Crippen LogP contribution in [0.15, 0.2) is 18.2 Å². The Balaban J connectivity index is 2.66. The molecular formula is C12H15Cl2NO2S. The smallest absolute Gasteiger partial charge is 0.235 e. The number of rotatable bonds is 5. The zero-order valence-electron chi connectivity index (χ0n) is 10.3. The lowest BCUT2D eigenvalue weighted by Crippen LogP contribution is -2.30. The molecule has 0 radical (unpaired) electrons. The first-order valence-electron chi connectivity index (χ1n) is 5.46. The average Bonchev–Trinajstić information content (AvgIpc) is 2.27. The van der Waals surface area contributed by atoms with Crippen LogP contribution >= 0.6 is 23.2 Å². The predicted molar refractivity (Wildman–Crippen MR) is 76.5 cm³/mol. The molecule has 0 aromatic heterocycles. The number of carbonyl (C=O) groups is 1. The maximum absolute atomic E-state index is 11.8. The fourth-order valence-corrected chi connectivity index (χ4v) is 2.69. The first-order valence-corrected chi connectivity index (χ1v) is 7.70. The molecule has 0 aliphatic carbocycles. The highest BCUT2D eigenvalue weighted by molar-refractivity contribution is 7.85. The minimum Gasteiger partial charge on any atom is -0.341 e. The summed E-state index contributed by atoms with van der Waals surface area (Å²) in [6.07, 6.45) is 0. The van der Waals surface area contributed by atoms with Gasteiger partial charge in [0.05, 0.1) is 0 Å². The molecule has 0 fully saturated rings. The Bertz CT molecular complexity index is 445. The summed E-state index contributed by atoms with van der Waals surface area (Å²) >= 11 is 11.8. The highest BCUT2D eigenvalue weighted by Crippen LogP contribution is 2.19. The first-order chi connectivity index (χ1) is 8.42. The number of halogens is 2. The summed E-state index contributed by atoms with van der Waals surface area (Å²) in [5, 5.41) is 1.07. The molecule has 0 spiro atoms. The van der Waals surface area contributed by atoms with Crippen molar-refractivity contribution in [3.05, 3.63) is 33.8 Å². The van der Waals surface area contributed by atoms with E-state index >= 15 is 0 Å². The van der Waals surface area contributed by atoms with Gasteiger partial charge in [0.2, 0.25) is 5.91 Å². The molecule has 0 N–H and O–H groups in total. The number of nitrogens with zero attached hydrogens (tertiary/aromatic N) is 1. The van der Waals surface area contributed by atoms with Gasteiger partial charge in [-0.1, -0.05) is 30.1 Å². The van der Waals surface area contributed by atoms with Gasteiger partial charge in [-0.15, -0.1) is 0 Å². The number of benzene rings is 1. The van der Waals surface area contributed by atoms with Gasteiger partial charge < -0.3 is 4.90 Å². The first kappa shape index (κ1) is 15.5. The van der Waals surface area contributed by atoms with Crippen molar-refractivity contribution < 1.29 is 9.00 Å². The van der Waals surface area contributed by atoms with Crippen LogP contribution in [0.25, 0.3) is 0 Å². The molecule has 1 aromatic carbocycles. The Kier molecular flexibility index (Phi) is 6.12. The van der Waals surface area contributed by atoms with Gasteiger partial charge in [-0.05, 0) is 23.8 Å². The Morgan fingerprint density at radius 2 is 1.83 bits per heavy atom. The minimum absolute atomic E-state index is 0.0568. The van der Waals surface area contributed by atoms with Crippen LogP contribution in [0.1, 0.15) is 12.5 Å². The SMILES string of the molecule is CCS(=O)CC(=O)N(C)Cc1cc(Cl)cc(Cl)c1. The van der Waals surface area contributed by atoms with E-state index in [2.05, 4.69) is 0 Å². The lowest BCUT2D eigenvalue weighted by molar-refractivity contribution is -0.127. The van der Waals surface area contributed by atoms with Crippen molar-refractivity contribution in [2.24, 2.45) is 0 Å². The summed E-state index contributed by atoms with van der Waals surface area (Å²) in [6.45, 7) is 2.19. The zero-order chi connectivity index (χ0) is 13.7. The molecule has 0 saturated heterocycles. The number of carbonyl (C=O) groups excluding carboxylic acids is 1. The van der Waals surface area contributed by atoms with Crippen LogP contribution in [-0.4, -0.2) is 33.6 Å². The lowest BCUT2D eigenvalue weighted by atomic mass is 10.2. The minimum atomic E-state index is -1.09. The van der Waals surface area contributed by atoms with E-state index in [0.29, 0.717) is 22.3 Å². The van der Waals surface area contributed by atoms with Crippen LogP contribution in [0, 0.1) is 0 Å². The number of hydrogen-bond donors (Lipinski definition) is 0. The van der Waals surface area contributed by atoms with Crippen molar-refractivity contribution in [1.29, 1.82) is 0 Å². The largest absolute Gasteiger partial charge is 0.341 e. The van der Waals surface area contributed by atoms with Crippen LogP contribution in [0.3, 0.4) is 0 Å². The highest BCUT2D eigenvalue weighted by Gasteiger charge is 2.12. The molecule has 0 aliphatic heterocycles. The van der Waals surface area contributed by atoms with Gasteiger partial charge in [-0.2, -0.15) is 0 Å². The average molecular weight is 308 g/mol. The summed E-state index contributed by atoms with van der Waals surface area (Å²) in [4.78, 5) is 13.3. The lowest BCUT2D eigenvalue weighted by Gasteiger charge is -2.17. The van der Waals surface area contributed by atoms with Gasteiger partial charge in [-0.3, -0.25) is 9.00 Å². The monoisotopic (exact) mass is 307 g/mol. The molecule has 0 bridgehead atoms. The summed E-state index contributed by atoms with van der Waals surface area (Å²) in [5.41, 5.74) is 0.852. The van der Waals surface area contributed by atoms with Gasteiger partial charge in [0, 0.05) is 40.2 Å². The molecule has 1 aromatic rings.